The molecule has 1 saturated heterocycles. The van der Waals surface area contributed by atoms with Crippen LogP contribution in [0.1, 0.15) is 32.8 Å². The molecule has 5 heteroatoms. The molecular weight excluding hydrogens is 272 g/mol. The summed E-state index contributed by atoms with van der Waals surface area (Å²) < 4.78 is 0. The van der Waals surface area contributed by atoms with Crippen molar-refractivity contribution in [2.24, 2.45) is 5.92 Å². The van der Waals surface area contributed by atoms with Crippen LogP contribution in [-0.4, -0.2) is 35.3 Å². The molecule has 1 aromatic rings. The Hall–Kier alpha value is -1.36. The maximum absolute atomic E-state index is 12.6. The van der Waals surface area contributed by atoms with Crippen molar-refractivity contribution in [1.29, 1.82) is 0 Å². The van der Waals surface area contributed by atoms with Gasteiger partial charge in [0.1, 0.15) is 12.1 Å². The molecule has 1 aromatic heterocycles. The predicted molar refractivity (Wildman–Crippen MR) is 80.6 cm³/mol. The molecular formula is C15H22N2O2S. The number of amides is 2. The Morgan fingerprint density at radius 2 is 2.15 bits per heavy atom. The van der Waals surface area contributed by atoms with Crippen LogP contribution in [0, 0.1) is 5.92 Å². The second-order valence-electron chi connectivity index (χ2n) is 5.57. The zero-order valence-corrected chi connectivity index (χ0v) is 13.1. The molecule has 0 aliphatic carbocycles. The van der Waals surface area contributed by atoms with Crippen LogP contribution in [0.15, 0.2) is 16.8 Å². The van der Waals surface area contributed by atoms with Crippen LogP contribution in [0.5, 0.6) is 0 Å². The lowest BCUT2D eigenvalue weighted by molar-refractivity contribution is -0.150. The molecule has 1 N–H and O–H groups in total. The van der Waals surface area contributed by atoms with Crippen LogP contribution < -0.4 is 5.32 Å². The SMILES string of the molecule is CCC1C(=O)NC(C(C)C)C(=O)N1CCc1ccsc1. The van der Waals surface area contributed by atoms with E-state index in [-0.39, 0.29) is 29.8 Å². The second kappa shape index (κ2) is 6.39. The number of hydrogen-bond donors (Lipinski definition) is 1. The number of carbonyl (C=O) groups excluding carboxylic acids is 2. The number of hydrogen-bond acceptors (Lipinski definition) is 3. The first-order valence-electron chi connectivity index (χ1n) is 7.16. The highest BCUT2D eigenvalue weighted by Crippen LogP contribution is 2.18. The fraction of sp³-hybridized carbons (Fsp3) is 0.600. The van der Waals surface area contributed by atoms with E-state index in [1.54, 1.807) is 16.2 Å². The first-order chi connectivity index (χ1) is 9.54. The standard InChI is InChI=1S/C15H22N2O2S/c1-4-12-14(18)16-13(10(2)3)15(19)17(12)7-5-11-6-8-20-9-11/h6,8-10,12-13H,4-5,7H2,1-3H3,(H,16,18). The lowest BCUT2D eigenvalue weighted by atomic mass is 9.96. The Balaban J connectivity index is 2.11. The van der Waals surface area contributed by atoms with E-state index in [0.29, 0.717) is 13.0 Å². The van der Waals surface area contributed by atoms with Gasteiger partial charge in [0, 0.05) is 6.54 Å². The molecule has 1 aliphatic heterocycles. The van der Waals surface area contributed by atoms with Gasteiger partial charge in [-0.1, -0.05) is 20.8 Å². The molecule has 110 valence electrons. The minimum Gasteiger partial charge on any atom is -0.342 e. The molecule has 2 rings (SSSR count). The van der Waals surface area contributed by atoms with Crippen molar-refractivity contribution < 1.29 is 9.59 Å². The molecule has 0 aromatic carbocycles. The number of nitrogens with one attached hydrogen (secondary N) is 1. The van der Waals surface area contributed by atoms with Crippen LogP contribution >= 0.6 is 11.3 Å². The highest BCUT2D eigenvalue weighted by atomic mass is 32.1. The van der Waals surface area contributed by atoms with Crippen molar-refractivity contribution in [2.45, 2.75) is 45.7 Å². The normalized spacial score (nSPS) is 23.3. The third-order valence-corrected chi connectivity index (χ3v) is 4.53. The minimum absolute atomic E-state index is 0.0175. The van der Waals surface area contributed by atoms with Crippen molar-refractivity contribution in [3.05, 3.63) is 22.4 Å². The first-order valence-corrected chi connectivity index (χ1v) is 8.10. The number of piperazine rings is 1. The van der Waals surface area contributed by atoms with E-state index < -0.39 is 0 Å². The number of nitrogens with zero attached hydrogens (tertiary/aromatic N) is 1. The molecule has 0 spiro atoms. The zero-order chi connectivity index (χ0) is 14.7. The average Bonchev–Trinajstić information content (AvgIpc) is 2.91. The lowest BCUT2D eigenvalue weighted by Crippen LogP contribution is -2.64. The molecule has 20 heavy (non-hydrogen) atoms. The minimum atomic E-state index is -0.382. The van der Waals surface area contributed by atoms with Gasteiger partial charge in [-0.15, -0.1) is 0 Å². The fourth-order valence-corrected chi connectivity index (χ4v) is 3.30. The van der Waals surface area contributed by atoms with Crippen LogP contribution in [0.4, 0.5) is 0 Å². The summed E-state index contributed by atoms with van der Waals surface area (Å²) in [6, 6.07) is 1.36. The van der Waals surface area contributed by atoms with E-state index >= 15 is 0 Å². The maximum atomic E-state index is 12.6. The van der Waals surface area contributed by atoms with Gasteiger partial charge in [-0.3, -0.25) is 9.59 Å². The average molecular weight is 294 g/mol. The van der Waals surface area contributed by atoms with E-state index in [4.69, 9.17) is 0 Å². The maximum Gasteiger partial charge on any atom is 0.246 e. The van der Waals surface area contributed by atoms with Crippen molar-refractivity contribution in [1.82, 2.24) is 10.2 Å². The molecule has 2 atom stereocenters. The van der Waals surface area contributed by atoms with Gasteiger partial charge < -0.3 is 10.2 Å². The van der Waals surface area contributed by atoms with Gasteiger partial charge in [0.25, 0.3) is 0 Å². The monoisotopic (exact) mass is 294 g/mol. The van der Waals surface area contributed by atoms with Gasteiger partial charge >= 0.3 is 0 Å². The van der Waals surface area contributed by atoms with Gasteiger partial charge in [-0.2, -0.15) is 11.3 Å². The summed E-state index contributed by atoms with van der Waals surface area (Å²) in [6.45, 7) is 6.49. The van der Waals surface area contributed by atoms with E-state index in [0.717, 1.165) is 6.42 Å². The van der Waals surface area contributed by atoms with E-state index in [1.807, 2.05) is 26.2 Å². The van der Waals surface area contributed by atoms with Crippen LogP contribution in [0.3, 0.4) is 0 Å². The highest BCUT2D eigenvalue weighted by molar-refractivity contribution is 7.07. The summed E-state index contributed by atoms with van der Waals surface area (Å²) in [7, 11) is 0. The second-order valence-corrected chi connectivity index (χ2v) is 6.35. The Kier molecular flexibility index (Phi) is 4.81. The molecule has 0 saturated carbocycles. The number of carbonyl (C=O) groups is 2. The Bertz CT molecular complexity index is 470. The smallest absolute Gasteiger partial charge is 0.246 e. The van der Waals surface area contributed by atoms with E-state index in [1.165, 1.54) is 5.56 Å². The Labute approximate surface area is 124 Å². The molecule has 2 unspecified atom stereocenters. The molecule has 4 nitrogen and oxygen atoms in total. The quantitative estimate of drug-likeness (QED) is 0.903. The molecule has 0 radical (unpaired) electrons. The summed E-state index contributed by atoms with van der Waals surface area (Å²) in [5.41, 5.74) is 1.23. The molecule has 1 aliphatic rings. The van der Waals surface area contributed by atoms with Crippen LogP contribution in [0.25, 0.3) is 0 Å². The Morgan fingerprint density at radius 3 is 2.70 bits per heavy atom. The summed E-state index contributed by atoms with van der Waals surface area (Å²) in [4.78, 5) is 26.5. The molecule has 2 amide bonds. The summed E-state index contributed by atoms with van der Waals surface area (Å²) in [6.07, 6.45) is 1.47. The molecule has 1 fully saturated rings. The topological polar surface area (TPSA) is 49.4 Å². The van der Waals surface area contributed by atoms with E-state index in [9.17, 15) is 9.59 Å². The van der Waals surface area contributed by atoms with Gasteiger partial charge in [-0.25, -0.2) is 0 Å². The van der Waals surface area contributed by atoms with Gasteiger partial charge in [0.05, 0.1) is 0 Å². The van der Waals surface area contributed by atoms with Crippen molar-refractivity contribution in [3.63, 3.8) is 0 Å². The summed E-state index contributed by atoms with van der Waals surface area (Å²) in [5, 5.41) is 6.99. The third-order valence-electron chi connectivity index (χ3n) is 3.80. The van der Waals surface area contributed by atoms with Gasteiger partial charge in [-0.05, 0) is 41.1 Å². The highest BCUT2D eigenvalue weighted by Gasteiger charge is 2.40. The molecule has 0 bridgehead atoms. The van der Waals surface area contributed by atoms with E-state index in [2.05, 4.69) is 16.8 Å². The van der Waals surface area contributed by atoms with Crippen LogP contribution in [0.2, 0.25) is 0 Å². The van der Waals surface area contributed by atoms with Crippen LogP contribution in [-0.2, 0) is 16.0 Å². The Morgan fingerprint density at radius 1 is 1.40 bits per heavy atom. The summed E-state index contributed by atoms with van der Waals surface area (Å²) in [5.74, 6) is 0.158. The third kappa shape index (κ3) is 3.03. The van der Waals surface area contributed by atoms with Crippen molar-refractivity contribution >= 4 is 23.2 Å². The van der Waals surface area contributed by atoms with Gasteiger partial charge in [0.15, 0.2) is 0 Å². The predicted octanol–water partition coefficient (Wildman–Crippen LogP) is 2.05. The number of rotatable bonds is 5. The number of thiophene rings is 1. The summed E-state index contributed by atoms with van der Waals surface area (Å²) >= 11 is 1.66. The molecule has 2 heterocycles. The largest absolute Gasteiger partial charge is 0.342 e. The zero-order valence-electron chi connectivity index (χ0n) is 12.3. The first kappa shape index (κ1) is 15.0. The van der Waals surface area contributed by atoms with Crippen molar-refractivity contribution in [2.75, 3.05) is 6.54 Å². The van der Waals surface area contributed by atoms with Gasteiger partial charge in [0.2, 0.25) is 11.8 Å². The van der Waals surface area contributed by atoms with Crippen molar-refractivity contribution in [3.8, 4) is 0 Å². The fourth-order valence-electron chi connectivity index (χ4n) is 2.59. The lowest BCUT2D eigenvalue weighted by Gasteiger charge is -2.40.